The molecule has 1 amide bonds. The summed E-state index contributed by atoms with van der Waals surface area (Å²) in [6.07, 6.45) is 0.473. The molecule has 1 aromatic carbocycles. The largest absolute Gasteiger partial charge is 0.507 e. The smallest absolute Gasteiger partial charge is 0.225 e. The number of hydrogen-bond acceptors (Lipinski definition) is 4. The molecule has 1 aliphatic rings. The minimum atomic E-state index is -0.00801. The molecular formula is C14H21ClN2O2S. The molecule has 1 atom stereocenters. The zero-order valence-electron chi connectivity index (χ0n) is 11.7. The zero-order valence-corrected chi connectivity index (χ0v) is 13.4. The lowest BCUT2D eigenvalue weighted by Gasteiger charge is -2.22. The number of hydrogen-bond donors (Lipinski definition) is 3. The second kappa shape index (κ2) is 7.76. The van der Waals surface area contributed by atoms with E-state index in [9.17, 15) is 9.90 Å². The predicted molar refractivity (Wildman–Crippen MR) is 87.2 cm³/mol. The molecule has 0 bridgehead atoms. The van der Waals surface area contributed by atoms with Crippen LogP contribution in [0.2, 0.25) is 0 Å². The van der Waals surface area contributed by atoms with Crippen molar-refractivity contribution < 1.29 is 9.90 Å². The molecule has 1 heterocycles. The van der Waals surface area contributed by atoms with Crippen LogP contribution in [0.3, 0.4) is 0 Å². The Morgan fingerprint density at radius 1 is 1.50 bits per heavy atom. The third-order valence-electron chi connectivity index (χ3n) is 3.34. The SMILES string of the molecule is Cc1ccc(NC(=O)CC2CSCCN2)c(C)c1O.Cl. The number of phenolic OH excluding ortho intramolecular Hbond substituents is 1. The first-order valence-corrected chi connectivity index (χ1v) is 7.63. The summed E-state index contributed by atoms with van der Waals surface area (Å²) >= 11 is 1.88. The van der Waals surface area contributed by atoms with Gasteiger partial charge >= 0.3 is 0 Å². The van der Waals surface area contributed by atoms with Gasteiger partial charge in [-0.25, -0.2) is 0 Å². The molecule has 6 heteroatoms. The van der Waals surface area contributed by atoms with Crippen LogP contribution >= 0.6 is 24.2 Å². The molecule has 1 fully saturated rings. The second-order valence-electron chi connectivity index (χ2n) is 4.88. The standard InChI is InChI=1S/C14H20N2O2S.ClH/c1-9-3-4-12(10(2)14(9)18)16-13(17)7-11-8-19-6-5-15-11;/h3-4,11,15,18H,5-8H2,1-2H3,(H,16,17);1H. The van der Waals surface area contributed by atoms with Gasteiger partial charge in [-0.05, 0) is 25.5 Å². The Kier molecular flexibility index (Phi) is 6.65. The highest BCUT2D eigenvalue weighted by molar-refractivity contribution is 7.99. The molecule has 0 spiro atoms. The Bertz CT molecular complexity index is 476. The van der Waals surface area contributed by atoms with Crippen LogP contribution in [0.1, 0.15) is 17.5 Å². The van der Waals surface area contributed by atoms with Gasteiger partial charge in [0.1, 0.15) is 5.75 Å². The third-order valence-corrected chi connectivity index (χ3v) is 4.47. The summed E-state index contributed by atoms with van der Waals surface area (Å²) in [6, 6.07) is 3.90. The van der Waals surface area contributed by atoms with Gasteiger partial charge in [0, 0.05) is 41.8 Å². The molecule has 0 aliphatic carbocycles. The number of carbonyl (C=O) groups excluding carboxylic acids is 1. The van der Waals surface area contributed by atoms with Crippen LogP contribution in [0.25, 0.3) is 0 Å². The van der Waals surface area contributed by atoms with Crippen LogP contribution in [-0.4, -0.2) is 35.1 Å². The maximum absolute atomic E-state index is 12.0. The van der Waals surface area contributed by atoms with Crippen molar-refractivity contribution in [2.24, 2.45) is 0 Å². The molecule has 1 saturated heterocycles. The van der Waals surface area contributed by atoms with Gasteiger partial charge in [0.15, 0.2) is 0 Å². The van der Waals surface area contributed by atoms with Crippen LogP contribution in [0, 0.1) is 13.8 Å². The molecule has 3 N–H and O–H groups in total. The van der Waals surface area contributed by atoms with Crippen molar-refractivity contribution in [3.8, 4) is 5.75 Å². The number of amides is 1. The summed E-state index contributed by atoms with van der Waals surface area (Å²) in [7, 11) is 0. The number of carbonyl (C=O) groups is 1. The fourth-order valence-electron chi connectivity index (χ4n) is 2.15. The number of rotatable bonds is 3. The number of aromatic hydroxyl groups is 1. The average Bonchev–Trinajstić information content (AvgIpc) is 2.41. The molecule has 1 aromatic rings. The highest BCUT2D eigenvalue weighted by Crippen LogP contribution is 2.28. The van der Waals surface area contributed by atoms with E-state index >= 15 is 0 Å². The van der Waals surface area contributed by atoms with E-state index in [1.807, 2.05) is 37.7 Å². The van der Waals surface area contributed by atoms with E-state index in [1.54, 1.807) is 0 Å². The molecule has 4 nitrogen and oxygen atoms in total. The number of halogens is 1. The van der Waals surface area contributed by atoms with Gasteiger partial charge in [-0.3, -0.25) is 4.79 Å². The van der Waals surface area contributed by atoms with Gasteiger partial charge in [-0.15, -0.1) is 12.4 Å². The van der Waals surface area contributed by atoms with E-state index in [0.717, 1.165) is 29.2 Å². The summed E-state index contributed by atoms with van der Waals surface area (Å²) in [6.45, 7) is 4.62. The Balaban J connectivity index is 0.00000200. The van der Waals surface area contributed by atoms with Gasteiger partial charge in [0.2, 0.25) is 5.91 Å². The molecule has 0 saturated carbocycles. The number of thioether (sulfide) groups is 1. The third kappa shape index (κ3) is 4.30. The Hall–Kier alpha value is -0.910. The second-order valence-corrected chi connectivity index (χ2v) is 6.03. The van der Waals surface area contributed by atoms with E-state index in [0.29, 0.717) is 12.1 Å². The number of aryl methyl sites for hydroxylation is 1. The number of anilines is 1. The lowest BCUT2D eigenvalue weighted by Crippen LogP contribution is -2.39. The molecule has 1 unspecified atom stereocenters. The molecular weight excluding hydrogens is 296 g/mol. The molecule has 1 aliphatic heterocycles. The molecule has 0 radical (unpaired) electrons. The molecule has 2 rings (SSSR count). The summed E-state index contributed by atoms with van der Waals surface area (Å²) in [5.41, 5.74) is 2.23. The van der Waals surface area contributed by atoms with Crippen LogP contribution in [-0.2, 0) is 4.79 Å². The number of benzene rings is 1. The summed E-state index contributed by atoms with van der Waals surface area (Å²) in [4.78, 5) is 12.0. The number of nitrogens with one attached hydrogen (secondary N) is 2. The fourth-order valence-corrected chi connectivity index (χ4v) is 3.10. The van der Waals surface area contributed by atoms with E-state index in [2.05, 4.69) is 10.6 Å². The van der Waals surface area contributed by atoms with Crippen LogP contribution in [0.4, 0.5) is 5.69 Å². The van der Waals surface area contributed by atoms with Crippen molar-refractivity contribution in [2.45, 2.75) is 26.3 Å². The van der Waals surface area contributed by atoms with Gasteiger partial charge in [0.05, 0.1) is 0 Å². The quantitative estimate of drug-likeness (QED) is 0.801. The molecule has 0 aromatic heterocycles. The fraction of sp³-hybridized carbons (Fsp3) is 0.500. The van der Waals surface area contributed by atoms with Gasteiger partial charge in [0.25, 0.3) is 0 Å². The van der Waals surface area contributed by atoms with Gasteiger partial charge in [-0.1, -0.05) is 6.07 Å². The Morgan fingerprint density at radius 3 is 2.90 bits per heavy atom. The summed E-state index contributed by atoms with van der Waals surface area (Å²) in [5, 5.41) is 16.1. The predicted octanol–water partition coefficient (Wildman–Crippen LogP) is 2.46. The van der Waals surface area contributed by atoms with Crippen molar-refractivity contribution in [3.05, 3.63) is 23.3 Å². The number of phenols is 1. The van der Waals surface area contributed by atoms with E-state index in [-0.39, 0.29) is 30.1 Å². The van der Waals surface area contributed by atoms with Crippen molar-refractivity contribution >= 4 is 35.8 Å². The first-order chi connectivity index (χ1) is 9.08. The topological polar surface area (TPSA) is 61.4 Å². The van der Waals surface area contributed by atoms with Crippen LogP contribution in [0.15, 0.2) is 12.1 Å². The summed E-state index contributed by atoms with van der Waals surface area (Å²) in [5.74, 6) is 2.34. The molecule has 112 valence electrons. The normalized spacial score (nSPS) is 18.2. The molecule has 20 heavy (non-hydrogen) atoms. The van der Waals surface area contributed by atoms with Crippen molar-refractivity contribution in [3.63, 3.8) is 0 Å². The minimum absolute atomic E-state index is 0. The van der Waals surface area contributed by atoms with E-state index in [1.165, 1.54) is 0 Å². The van der Waals surface area contributed by atoms with Crippen molar-refractivity contribution in [2.75, 3.05) is 23.4 Å². The lowest BCUT2D eigenvalue weighted by atomic mass is 10.1. The zero-order chi connectivity index (χ0) is 13.8. The van der Waals surface area contributed by atoms with Crippen molar-refractivity contribution in [1.82, 2.24) is 5.32 Å². The first kappa shape index (κ1) is 17.1. The van der Waals surface area contributed by atoms with Crippen LogP contribution in [0.5, 0.6) is 5.75 Å². The van der Waals surface area contributed by atoms with Crippen molar-refractivity contribution in [1.29, 1.82) is 0 Å². The average molecular weight is 317 g/mol. The maximum Gasteiger partial charge on any atom is 0.225 e. The monoisotopic (exact) mass is 316 g/mol. The van der Waals surface area contributed by atoms with Gasteiger partial charge < -0.3 is 15.7 Å². The highest BCUT2D eigenvalue weighted by Gasteiger charge is 2.17. The lowest BCUT2D eigenvalue weighted by molar-refractivity contribution is -0.116. The maximum atomic E-state index is 12.0. The Morgan fingerprint density at radius 2 is 2.25 bits per heavy atom. The van der Waals surface area contributed by atoms with Gasteiger partial charge in [-0.2, -0.15) is 11.8 Å². The highest BCUT2D eigenvalue weighted by atomic mass is 35.5. The Labute approximate surface area is 130 Å². The van der Waals surface area contributed by atoms with Crippen LogP contribution < -0.4 is 10.6 Å². The van der Waals surface area contributed by atoms with E-state index in [4.69, 9.17) is 0 Å². The summed E-state index contributed by atoms with van der Waals surface area (Å²) < 4.78 is 0. The van der Waals surface area contributed by atoms with E-state index < -0.39 is 0 Å². The first-order valence-electron chi connectivity index (χ1n) is 6.48. The minimum Gasteiger partial charge on any atom is -0.507 e.